The molecule has 7 heterocycles. The average molecular weight is 972 g/mol. The number of imidazole rings is 6. The van der Waals surface area contributed by atoms with Gasteiger partial charge in [0.05, 0.1) is 83.0 Å². The quantitative estimate of drug-likeness (QED) is 0.0696. The molecule has 8 aromatic carbocycles. The molecule has 15 rings (SSSR count). The second-order valence-corrected chi connectivity index (χ2v) is 18.9. The third kappa shape index (κ3) is 7.07. The molecular weight excluding hydrogens is 935 g/mol. The van der Waals surface area contributed by atoms with Crippen LogP contribution in [-0.4, -0.2) is 71.6 Å². The third-order valence-corrected chi connectivity index (χ3v) is 13.8. The Morgan fingerprint density at radius 2 is 0.787 bits per heavy atom. The number of fused-ring (bicyclic) bond motifs is 7. The second kappa shape index (κ2) is 15.9. The molecule has 0 radical (unpaired) electrons. The highest BCUT2D eigenvalue weighted by molar-refractivity contribution is 6.34. The number of aromatic nitrogens is 12. The highest BCUT2D eigenvalue weighted by atomic mass is 16.2. The van der Waals surface area contributed by atoms with Crippen molar-refractivity contribution in [2.24, 2.45) is 0 Å². The highest BCUT2D eigenvalue weighted by Crippen LogP contribution is 2.38. The van der Waals surface area contributed by atoms with E-state index in [-0.39, 0.29) is 5.56 Å². The predicted octanol–water partition coefficient (Wildman–Crippen LogP) is 12.1. The number of rotatable bonds is 6. The van der Waals surface area contributed by atoms with Gasteiger partial charge in [-0.1, -0.05) is 72.0 Å². The van der Waals surface area contributed by atoms with Crippen molar-refractivity contribution in [3.63, 3.8) is 0 Å². The Hall–Kier alpha value is -10.7. The van der Waals surface area contributed by atoms with Gasteiger partial charge in [-0.05, 0) is 111 Å². The Morgan fingerprint density at radius 3 is 1.31 bits per heavy atom. The van der Waals surface area contributed by atoms with Gasteiger partial charge >= 0.3 is 0 Å². The summed E-state index contributed by atoms with van der Waals surface area (Å²) in [5, 5.41) is 0. The summed E-state index contributed by atoms with van der Waals surface area (Å²) in [4.78, 5) is 80.3. The van der Waals surface area contributed by atoms with Gasteiger partial charge in [-0.3, -0.25) is 9.59 Å². The van der Waals surface area contributed by atoms with Crippen molar-refractivity contribution in [2.45, 2.75) is 13.8 Å². The lowest BCUT2D eigenvalue weighted by molar-refractivity contribution is 0.0926. The van der Waals surface area contributed by atoms with E-state index in [1.807, 2.05) is 110 Å². The van der Waals surface area contributed by atoms with Crippen LogP contribution in [0.2, 0.25) is 0 Å². The predicted molar refractivity (Wildman–Crippen MR) is 291 cm³/mol. The fourth-order valence-corrected chi connectivity index (χ4v) is 10.2. The molecule has 0 spiro atoms. The molecule has 1 aliphatic heterocycles. The zero-order chi connectivity index (χ0) is 50.1. The first-order valence-corrected chi connectivity index (χ1v) is 24.2. The van der Waals surface area contributed by atoms with Gasteiger partial charge < -0.3 is 29.9 Å². The number of H-pyrrole nitrogens is 6. The Balaban J connectivity index is 0.794. The van der Waals surface area contributed by atoms with Crippen LogP contribution in [0.5, 0.6) is 0 Å². The number of amides is 2. The molecule has 0 atom stereocenters. The van der Waals surface area contributed by atoms with E-state index < -0.39 is 11.8 Å². The van der Waals surface area contributed by atoms with E-state index in [2.05, 4.69) is 71.9 Å². The van der Waals surface area contributed by atoms with Crippen LogP contribution in [-0.2, 0) is 0 Å². The molecule has 0 unspecified atom stereocenters. The number of nitrogens with one attached hydrogen (secondary N) is 6. The second-order valence-electron chi connectivity index (χ2n) is 18.9. The number of aromatic amines is 6. The van der Waals surface area contributed by atoms with E-state index in [4.69, 9.17) is 24.9 Å². The first-order chi connectivity index (χ1) is 36.7. The van der Waals surface area contributed by atoms with Crippen LogP contribution < -0.4 is 4.90 Å². The SMILES string of the molecule is Cc1cccc(-c2nc3cc4[nH]c(-c5cc(-c6nc7cc8[nH]c(-c9cccc(-c%10nc%11cc%12[nH]c(C)nc%12cc%11[nH]%10)c9)nc8cc7[nH]6)cc(N6C(=O)c7ccc(C#Cc8ccccc8)cc7C6=O)c5)nc4cc3[nH]2)c1. The maximum atomic E-state index is 14.4. The average Bonchev–Trinajstić information content (AvgIpc) is 4.34. The molecule has 1 aliphatic rings. The van der Waals surface area contributed by atoms with Gasteiger partial charge in [0.25, 0.3) is 11.8 Å². The molecule has 0 aliphatic carbocycles. The number of aryl methyl sites for hydroxylation is 2. The van der Waals surface area contributed by atoms with Crippen molar-refractivity contribution in [3.05, 3.63) is 185 Å². The standard InChI is InChI=1S/C60H37N13O2/c1-30-8-6-11-34(18-30)54-63-46-26-50-51(27-47(46)64-54)70-57(69-50)37-21-38(23-39(22-37)73-59(74)40-17-16-33(19-41(40)60(73)75)15-14-32-9-4-3-5-10-32)58-71-52-28-48-49(29-53(52)72-58)68-56(67-48)36-13-7-12-35(20-36)55-65-44-24-42-43(25-45(44)66-55)62-31(2)61-42/h3-13,16-29H,1-2H3,(H,61,62)(H,63,64)(H,65,66)(H,67,68)(H,69,70)(H,71,72). The van der Waals surface area contributed by atoms with Gasteiger partial charge in [0.2, 0.25) is 0 Å². The third-order valence-electron chi connectivity index (χ3n) is 13.8. The van der Waals surface area contributed by atoms with Crippen molar-refractivity contribution in [2.75, 3.05) is 4.90 Å². The maximum Gasteiger partial charge on any atom is 0.266 e. The van der Waals surface area contributed by atoms with Gasteiger partial charge in [0.1, 0.15) is 34.9 Å². The van der Waals surface area contributed by atoms with Crippen molar-refractivity contribution in [1.82, 2.24) is 59.8 Å². The van der Waals surface area contributed by atoms with Gasteiger partial charge in [-0.15, -0.1) is 0 Å². The molecular formula is C60H37N13O2. The van der Waals surface area contributed by atoms with E-state index in [1.54, 1.807) is 30.3 Å². The number of hydrogen-bond acceptors (Lipinski definition) is 8. The van der Waals surface area contributed by atoms with Crippen LogP contribution >= 0.6 is 0 Å². The minimum Gasteiger partial charge on any atom is -0.342 e. The van der Waals surface area contributed by atoms with Crippen molar-refractivity contribution >= 4 is 83.7 Å². The summed E-state index contributed by atoms with van der Waals surface area (Å²) in [5.74, 6) is 9.54. The normalized spacial score (nSPS) is 12.6. The number of carbonyl (C=O) groups is 2. The number of nitrogens with zero attached hydrogens (tertiary/aromatic N) is 7. The molecule has 0 saturated carbocycles. The van der Waals surface area contributed by atoms with E-state index in [0.29, 0.717) is 56.4 Å². The van der Waals surface area contributed by atoms with Crippen molar-refractivity contribution in [1.29, 1.82) is 0 Å². The summed E-state index contributed by atoms with van der Waals surface area (Å²) in [6.45, 7) is 4.00. The van der Waals surface area contributed by atoms with Gasteiger partial charge in [-0.25, -0.2) is 34.8 Å². The summed E-state index contributed by atoms with van der Waals surface area (Å²) in [6, 6.07) is 48.5. The summed E-state index contributed by atoms with van der Waals surface area (Å²) in [6.07, 6.45) is 0. The molecule has 6 aromatic heterocycles. The first kappa shape index (κ1) is 42.0. The van der Waals surface area contributed by atoms with Crippen LogP contribution in [0, 0.1) is 25.7 Å². The lowest BCUT2D eigenvalue weighted by atomic mass is 10.1. The number of hydrogen-bond donors (Lipinski definition) is 6. The zero-order valence-electron chi connectivity index (χ0n) is 39.9. The number of imide groups is 1. The van der Waals surface area contributed by atoms with Crippen molar-refractivity contribution < 1.29 is 9.59 Å². The lowest BCUT2D eigenvalue weighted by Gasteiger charge is -2.16. The number of benzene rings is 8. The molecule has 6 N–H and O–H groups in total. The minimum atomic E-state index is -0.453. The molecule has 75 heavy (non-hydrogen) atoms. The molecule has 354 valence electrons. The smallest absolute Gasteiger partial charge is 0.266 e. The van der Waals surface area contributed by atoms with Crippen LogP contribution in [0.3, 0.4) is 0 Å². The summed E-state index contributed by atoms with van der Waals surface area (Å²) in [7, 11) is 0. The van der Waals surface area contributed by atoms with Crippen LogP contribution in [0.25, 0.3) is 123 Å². The summed E-state index contributed by atoms with van der Waals surface area (Å²) >= 11 is 0. The van der Waals surface area contributed by atoms with Crippen LogP contribution in [0.1, 0.15) is 43.2 Å². The van der Waals surface area contributed by atoms with Gasteiger partial charge in [-0.2, -0.15) is 0 Å². The van der Waals surface area contributed by atoms with Gasteiger partial charge in [0, 0.05) is 38.9 Å². The molecule has 2 amide bonds. The van der Waals surface area contributed by atoms with Crippen LogP contribution in [0.15, 0.2) is 152 Å². The molecule has 0 saturated heterocycles. The summed E-state index contributed by atoms with van der Waals surface area (Å²) in [5.41, 5.74) is 17.3. The molecule has 14 aromatic rings. The summed E-state index contributed by atoms with van der Waals surface area (Å²) < 4.78 is 0. The number of anilines is 1. The number of carbonyl (C=O) groups excluding carboxylic acids is 2. The highest BCUT2D eigenvalue weighted by Gasteiger charge is 2.37. The lowest BCUT2D eigenvalue weighted by Crippen LogP contribution is -2.29. The van der Waals surface area contributed by atoms with E-state index in [1.165, 1.54) is 4.90 Å². The van der Waals surface area contributed by atoms with E-state index in [9.17, 15) is 9.59 Å². The van der Waals surface area contributed by atoms with E-state index >= 15 is 0 Å². The largest absolute Gasteiger partial charge is 0.342 e. The molecule has 0 bridgehead atoms. The Kier molecular flexibility index (Phi) is 8.90. The molecule has 15 heteroatoms. The molecule has 0 fully saturated rings. The minimum absolute atomic E-state index is 0.279. The maximum absolute atomic E-state index is 14.4. The van der Waals surface area contributed by atoms with Gasteiger partial charge in [0.15, 0.2) is 0 Å². The topological polar surface area (TPSA) is 209 Å². The van der Waals surface area contributed by atoms with E-state index in [0.717, 1.165) is 100 Å². The fourth-order valence-electron chi connectivity index (χ4n) is 10.2. The Bertz CT molecular complexity index is 4670. The Morgan fingerprint density at radius 1 is 0.360 bits per heavy atom. The monoisotopic (exact) mass is 971 g/mol. The zero-order valence-corrected chi connectivity index (χ0v) is 39.9. The Labute approximate surface area is 424 Å². The molecule has 15 nitrogen and oxygen atoms in total. The fraction of sp³-hybridized carbons (Fsp3) is 0.0333. The first-order valence-electron chi connectivity index (χ1n) is 24.2. The van der Waals surface area contributed by atoms with Crippen molar-refractivity contribution in [3.8, 4) is 68.8 Å². The van der Waals surface area contributed by atoms with Crippen LogP contribution in [0.4, 0.5) is 5.69 Å².